The van der Waals surface area contributed by atoms with Gasteiger partial charge in [0, 0.05) is 18.3 Å². The molecule has 29 heavy (non-hydrogen) atoms. The Morgan fingerprint density at radius 2 is 1.79 bits per heavy atom. The van der Waals surface area contributed by atoms with Crippen molar-refractivity contribution in [1.29, 1.82) is 0 Å². The number of amides is 1. The van der Waals surface area contributed by atoms with E-state index in [1.165, 1.54) is 0 Å². The molecule has 1 aromatic heterocycles. The first kappa shape index (κ1) is 20.3. The number of aryl methyl sites for hydroxylation is 2. The maximum Gasteiger partial charge on any atom is 0.270 e. The summed E-state index contributed by atoms with van der Waals surface area (Å²) in [4.78, 5) is 21.2. The third-order valence-corrected chi connectivity index (χ3v) is 4.10. The number of nitrogens with zero attached hydrogens (tertiary/aromatic N) is 2. The van der Waals surface area contributed by atoms with Crippen LogP contribution >= 0.6 is 0 Å². The number of anilines is 2. The van der Waals surface area contributed by atoms with E-state index in [2.05, 4.69) is 20.6 Å². The van der Waals surface area contributed by atoms with E-state index in [4.69, 9.17) is 4.74 Å². The van der Waals surface area contributed by atoms with Crippen molar-refractivity contribution in [3.63, 3.8) is 0 Å². The van der Waals surface area contributed by atoms with Crippen molar-refractivity contribution in [2.75, 3.05) is 5.32 Å². The average Bonchev–Trinajstić information content (AvgIpc) is 2.67. The van der Waals surface area contributed by atoms with Crippen molar-refractivity contribution in [2.24, 2.45) is 0 Å². The number of hydrogen-bond acceptors (Lipinski definition) is 5. The molecule has 1 heterocycles. The predicted molar refractivity (Wildman–Crippen MR) is 115 cm³/mol. The molecular formula is C23H26N4O2. The second kappa shape index (κ2) is 9.19. The molecule has 0 saturated carbocycles. The highest BCUT2D eigenvalue weighted by atomic mass is 16.5. The van der Waals surface area contributed by atoms with Crippen molar-refractivity contribution in [3.8, 4) is 5.75 Å². The number of rotatable bonds is 7. The fourth-order valence-corrected chi connectivity index (χ4v) is 2.88. The molecule has 3 rings (SSSR count). The van der Waals surface area contributed by atoms with Crippen LogP contribution < -0.4 is 15.4 Å². The van der Waals surface area contributed by atoms with E-state index in [0.717, 1.165) is 22.6 Å². The largest absolute Gasteiger partial charge is 0.491 e. The lowest BCUT2D eigenvalue weighted by atomic mass is 10.1. The number of aromatic nitrogens is 2. The van der Waals surface area contributed by atoms with Crippen LogP contribution in [0.3, 0.4) is 0 Å². The zero-order valence-corrected chi connectivity index (χ0v) is 17.2. The highest BCUT2D eigenvalue weighted by Crippen LogP contribution is 2.20. The maximum atomic E-state index is 12.6. The lowest BCUT2D eigenvalue weighted by molar-refractivity contribution is 0.0945. The molecule has 0 atom stereocenters. The molecule has 0 unspecified atom stereocenters. The van der Waals surface area contributed by atoms with Gasteiger partial charge in [-0.05, 0) is 57.5 Å². The maximum absolute atomic E-state index is 12.6. The Hall–Kier alpha value is -3.41. The summed E-state index contributed by atoms with van der Waals surface area (Å²) in [5.74, 6) is 1.66. The van der Waals surface area contributed by atoms with Gasteiger partial charge in [0.05, 0.1) is 6.10 Å². The molecule has 0 bridgehead atoms. The molecule has 0 aliphatic heterocycles. The van der Waals surface area contributed by atoms with Gasteiger partial charge in [-0.25, -0.2) is 9.97 Å². The molecular weight excluding hydrogens is 364 g/mol. The minimum atomic E-state index is -0.235. The summed E-state index contributed by atoms with van der Waals surface area (Å²) in [5, 5.41) is 6.13. The number of carbonyl (C=O) groups is 1. The predicted octanol–water partition coefficient (Wildman–Crippen LogP) is 4.55. The monoisotopic (exact) mass is 390 g/mol. The van der Waals surface area contributed by atoms with Gasteiger partial charge in [0.1, 0.15) is 23.1 Å². The molecule has 1 amide bonds. The summed E-state index contributed by atoms with van der Waals surface area (Å²) < 4.78 is 5.65. The lowest BCUT2D eigenvalue weighted by Gasteiger charge is -2.12. The molecule has 0 fully saturated rings. The summed E-state index contributed by atoms with van der Waals surface area (Å²) in [6, 6.07) is 17.3. The Balaban J connectivity index is 1.68. The summed E-state index contributed by atoms with van der Waals surface area (Å²) in [6.07, 6.45) is 0.124. The summed E-state index contributed by atoms with van der Waals surface area (Å²) in [7, 11) is 0. The second-order valence-corrected chi connectivity index (χ2v) is 7.17. The van der Waals surface area contributed by atoms with E-state index in [0.29, 0.717) is 23.9 Å². The molecule has 150 valence electrons. The van der Waals surface area contributed by atoms with Crippen LogP contribution in [-0.4, -0.2) is 22.0 Å². The van der Waals surface area contributed by atoms with Crippen LogP contribution in [0.15, 0.2) is 54.6 Å². The van der Waals surface area contributed by atoms with Crippen molar-refractivity contribution in [2.45, 2.75) is 40.3 Å². The standard InChI is InChI=1S/C23H26N4O2/c1-15(2)29-20-10-8-19(9-11-20)27-22-13-21(25-17(4)26-22)23(28)24-14-18-7-5-6-16(3)12-18/h5-13,15H,14H2,1-4H3,(H,24,28)(H,25,26,27). The molecule has 0 saturated heterocycles. The Kier molecular flexibility index (Phi) is 6.44. The van der Waals surface area contributed by atoms with E-state index in [9.17, 15) is 4.79 Å². The normalized spacial score (nSPS) is 10.7. The quantitative estimate of drug-likeness (QED) is 0.619. The van der Waals surface area contributed by atoms with Crippen LogP contribution in [0.2, 0.25) is 0 Å². The smallest absolute Gasteiger partial charge is 0.270 e. The first-order valence-corrected chi connectivity index (χ1v) is 9.62. The van der Waals surface area contributed by atoms with Crippen LogP contribution in [0, 0.1) is 13.8 Å². The van der Waals surface area contributed by atoms with Crippen LogP contribution in [0.25, 0.3) is 0 Å². The molecule has 0 aliphatic carbocycles. The molecule has 0 aliphatic rings. The van der Waals surface area contributed by atoms with Crippen molar-refractivity contribution >= 4 is 17.4 Å². The van der Waals surface area contributed by atoms with Crippen LogP contribution in [0.5, 0.6) is 5.75 Å². The SMILES string of the molecule is Cc1cccc(CNC(=O)c2cc(Nc3ccc(OC(C)C)cc3)nc(C)n2)c1. The zero-order chi connectivity index (χ0) is 20.8. The lowest BCUT2D eigenvalue weighted by Crippen LogP contribution is -2.24. The third-order valence-electron chi connectivity index (χ3n) is 4.10. The number of carbonyl (C=O) groups excluding carboxylic acids is 1. The summed E-state index contributed by atoms with van der Waals surface area (Å²) >= 11 is 0. The van der Waals surface area contributed by atoms with Crippen LogP contribution in [0.4, 0.5) is 11.5 Å². The molecule has 3 aromatic rings. The van der Waals surface area contributed by atoms with E-state index in [1.54, 1.807) is 13.0 Å². The van der Waals surface area contributed by atoms with Gasteiger partial charge in [0.15, 0.2) is 0 Å². The Labute approximate surface area is 171 Å². The van der Waals surface area contributed by atoms with E-state index in [-0.39, 0.29) is 12.0 Å². The minimum absolute atomic E-state index is 0.124. The Bertz CT molecular complexity index is 984. The third kappa shape index (κ3) is 6.04. The van der Waals surface area contributed by atoms with E-state index in [1.807, 2.05) is 69.3 Å². The van der Waals surface area contributed by atoms with Crippen LogP contribution in [-0.2, 0) is 6.54 Å². The highest BCUT2D eigenvalue weighted by Gasteiger charge is 2.11. The van der Waals surface area contributed by atoms with Crippen molar-refractivity contribution in [3.05, 3.63) is 77.2 Å². The van der Waals surface area contributed by atoms with Crippen LogP contribution in [0.1, 0.15) is 41.3 Å². The first-order valence-electron chi connectivity index (χ1n) is 9.62. The zero-order valence-electron chi connectivity index (χ0n) is 17.2. The fraction of sp³-hybridized carbons (Fsp3) is 0.261. The molecule has 2 aromatic carbocycles. The summed E-state index contributed by atoms with van der Waals surface area (Å²) in [5.41, 5.74) is 3.38. The van der Waals surface area contributed by atoms with E-state index >= 15 is 0 Å². The molecule has 0 spiro atoms. The molecule has 2 N–H and O–H groups in total. The van der Waals surface area contributed by atoms with E-state index < -0.39 is 0 Å². The highest BCUT2D eigenvalue weighted by molar-refractivity contribution is 5.93. The number of nitrogens with one attached hydrogen (secondary N) is 2. The van der Waals surface area contributed by atoms with Crippen molar-refractivity contribution < 1.29 is 9.53 Å². The average molecular weight is 390 g/mol. The second-order valence-electron chi connectivity index (χ2n) is 7.17. The first-order chi connectivity index (χ1) is 13.9. The van der Waals surface area contributed by atoms with Gasteiger partial charge < -0.3 is 15.4 Å². The van der Waals surface area contributed by atoms with Gasteiger partial charge in [-0.2, -0.15) is 0 Å². The van der Waals surface area contributed by atoms with Gasteiger partial charge >= 0.3 is 0 Å². The topological polar surface area (TPSA) is 76.1 Å². The Morgan fingerprint density at radius 3 is 2.48 bits per heavy atom. The molecule has 6 nitrogen and oxygen atoms in total. The van der Waals surface area contributed by atoms with Crippen molar-refractivity contribution in [1.82, 2.24) is 15.3 Å². The van der Waals surface area contributed by atoms with Gasteiger partial charge in [-0.1, -0.05) is 29.8 Å². The molecule has 0 radical (unpaired) electrons. The number of ether oxygens (including phenoxy) is 1. The molecule has 6 heteroatoms. The number of hydrogen-bond donors (Lipinski definition) is 2. The fourth-order valence-electron chi connectivity index (χ4n) is 2.88. The van der Waals surface area contributed by atoms with Gasteiger partial charge in [0.2, 0.25) is 0 Å². The Morgan fingerprint density at radius 1 is 1.03 bits per heavy atom. The van der Waals surface area contributed by atoms with Gasteiger partial charge in [-0.15, -0.1) is 0 Å². The van der Waals surface area contributed by atoms with Gasteiger partial charge in [-0.3, -0.25) is 4.79 Å². The minimum Gasteiger partial charge on any atom is -0.491 e. The summed E-state index contributed by atoms with van der Waals surface area (Å²) in [6.45, 7) is 8.22. The number of benzene rings is 2. The van der Waals surface area contributed by atoms with Gasteiger partial charge in [0.25, 0.3) is 5.91 Å².